The molecular formula is C20H25F3N6O2. The van der Waals surface area contributed by atoms with E-state index in [9.17, 15) is 18.0 Å². The normalized spacial score (nSPS) is 11.5. The molecule has 2 aromatic heterocycles. The van der Waals surface area contributed by atoms with Crippen molar-refractivity contribution in [2.45, 2.75) is 38.8 Å². The van der Waals surface area contributed by atoms with Gasteiger partial charge in [0.25, 0.3) is 0 Å². The number of halogens is 3. The number of nitrogens with two attached hydrogens (primary N) is 1. The van der Waals surface area contributed by atoms with Crippen molar-refractivity contribution in [2.75, 3.05) is 18.5 Å². The lowest BCUT2D eigenvalue weighted by molar-refractivity contribution is -0.153. The highest BCUT2D eigenvalue weighted by molar-refractivity contribution is 5.91. The number of allylic oxidation sites excluding steroid dienone is 1. The number of aromatic nitrogens is 3. The molecule has 2 rings (SSSR count). The van der Waals surface area contributed by atoms with E-state index in [-0.39, 0.29) is 23.7 Å². The second-order valence-corrected chi connectivity index (χ2v) is 6.70. The highest BCUT2D eigenvalue weighted by atomic mass is 19.4. The van der Waals surface area contributed by atoms with Crippen LogP contribution in [0, 0.1) is 0 Å². The lowest BCUT2D eigenvalue weighted by atomic mass is 10.2. The average molecular weight is 438 g/mol. The van der Waals surface area contributed by atoms with E-state index in [2.05, 4.69) is 25.2 Å². The largest absolute Gasteiger partial charge is 0.484 e. The number of hydrazine groups is 1. The van der Waals surface area contributed by atoms with Gasteiger partial charge >= 0.3 is 6.18 Å². The van der Waals surface area contributed by atoms with Gasteiger partial charge in [0.1, 0.15) is 5.75 Å². The molecule has 31 heavy (non-hydrogen) atoms. The molecule has 0 aromatic carbocycles. The predicted molar refractivity (Wildman–Crippen MR) is 109 cm³/mol. The van der Waals surface area contributed by atoms with Crippen molar-refractivity contribution in [1.29, 1.82) is 0 Å². The molecule has 0 spiro atoms. The fourth-order valence-corrected chi connectivity index (χ4v) is 2.59. The molecule has 2 aromatic rings. The summed E-state index contributed by atoms with van der Waals surface area (Å²) in [6.07, 6.45) is 2.90. The first kappa shape index (κ1) is 24.1. The van der Waals surface area contributed by atoms with Crippen molar-refractivity contribution in [3.05, 3.63) is 54.1 Å². The van der Waals surface area contributed by atoms with Gasteiger partial charge in [0.05, 0.1) is 17.8 Å². The second kappa shape index (κ2) is 11.8. The fourth-order valence-electron chi connectivity index (χ4n) is 2.59. The number of carbonyl (C=O) groups is 1. The molecule has 0 radical (unpaired) electrons. The molecule has 2 heterocycles. The van der Waals surface area contributed by atoms with Crippen molar-refractivity contribution >= 4 is 11.7 Å². The van der Waals surface area contributed by atoms with Gasteiger partial charge in [-0.3, -0.25) is 9.78 Å². The van der Waals surface area contributed by atoms with Crippen LogP contribution in [0.1, 0.15) is 31.2 Å². The Labute approximate surface area is 178 Å². The molecule has 0 aliphatic heterocycles. The summed E-state index contributed by atoms with van der Waals surface area (Å²) in [7, 11) is 0. The van der Waals surface area contributed by atoms with Gasteiger partial charge in [-0.25, -0.2) is 5.84 Å². The van der Waals surface area contributed by atoms with Crippen molar-refractivity contribution in [1.82, 2.24) is 20.2 Å². The van der Waals surface area contributed by atoms with E-state index < -0.39 is 18.7 Å². The van der Waals surface area contributed by atoms with Gasteiger partial charge in [-0.1, -0.05) is 6.08 Å². The first-order chi connectivity index (χ1) is 14.7. The van der Waals surface area contributed by atoms with E-state index in [1.807, 2.05) is 13.0 Å². The van der Waals surface area contributed by atoms with Crippen LogP contribution in [0.25, 0.3) is 0 Å². The number of amides is 1. The van der Waals surface area contributed by atoms with E-state index >= 15 is 0 Å². The van der Waals surface area contributed by atoms with Gasteiger partial charge in [-0.2, -0.15) is 18.3 Å². The summed E-state index contributed by atoms with van der Waals surface area (Å²) in [6, 6.07) is 6.01. The van der Waals surface area contributed by atoms with Crippen LogP contribution in [-0.4, -0.2) is 45.4 Å². The summed E-state index contributed by atoms with van der Waals surface area (Å²) in [5, 5.41) is 12.3. The Hall–Kier alpha value is -3.21. The number of pyridine rings is 1. The topological polar surface area (TPSA) is 106 Å². The lowest BCUT2D eigenvalue weighted by Crippen LogP contribution is -2.25. The molecule has 0 saturated carbocycles. The average Bonchev–Trinajstić information content (AvgIpc) is 2.71. The molecule has 0 aliphatic rings. The number of aryl methyl sites for hydroxylation is 1. The van der Waals surface area contributed by atoms with Crippen molar-refractivity contribution in [3.63, 3.8) is 0 Å². The van der Waals surface area contributed by atoms with Crippen LogP contribution >= 0.6 is 0 Å². The molecule has 0 atom stereocenters. The second-order valence-electron chi connectivity index (χ2n) is 6.70. The Morgan fingerprint density at radius 1 is 1.23 bits per heavy atom. The standard InChI is InChI=1S/C20H25F3N6O2/c1-2-10-29(24)11-4-3-5-15-6-7-18(28-27-15)26-19(30)13-16-12-17(8-9-25-16)31-14-20(21,22)23/h2,6-10,12H,3-5,11,13-14,24H2,1H3,(H,26,28,30)/b10-2+. The monoisotopic (exact) mass is 438 g/mol. The predicted octanol–water partition coefficient (Wildman–Crippen LogP) is 3.03. The van der Waals surface area contributed by atoms with Gasteiger partial charge < -0.3 is 15.1 Å². The maximum atomic E-state index is 12.2. The Balaban J connectivity index is 1.78. The third-order valence-corrected chi connectivity index (χ3v) is 3.96. The number of anilines is 1. The van der Waals surface area contributed by atoms with E-state index in [1.54, 1.807) is 23.3 Å². The SMILES string of the molecule is C/C=C/N(N)CCCCc1ccc(NC(=O)Cc2cc(OCC(F)(F)F)ccn2)nn1. The van der Waals surface area contributed by atoms with Crippen LogP contribution in [0.2, 0.25) is 0 Å². The number of alkyl halides is 3. The molecule has 0 bridgehead atoms. The maximum Gasteiger partial charge on any atom is 0.422 e. The Morgan fingerprint density at radius 3 is 2.71 bits per heavy atom. The third kappa shape index (κ3) is 9.90. The van der Waals surface area contributed by atoms with Crippen LogP contribution in [0.3, 0.4) is 0 Å². The zero-order valence-electron chi connectivity index (χ0n) is 17.1. The van der Waals surface area contributed by atoms with Crippen LogP contribution < -0.4 is 15.9 Å². The molecular weight excluding hydrogens is 413 g/mol. The first-order valence-corrected chi connectivity index (χ1v) is 9.66. The minimum Gasteiger partial charge on any atom is -0.484 e. The van der Waals surface area contributed by atoms with Crippen molar-refractivity contribution in [3.8, 4) is 5.75 Å². The summed E-state index contributed by atoms with van der Waals surface area (Å²) in [5.41, 5.74) is 1.07. The van der Waals surface area contributed by atoms with Gasteiger partial charge in [0.2, 0.25) is 5.91 Å². The zero-order valence-corrected chi connectivity index (χ0v) is 17.1. The van der Waals surface area contributed by atoms with E-state index in [0.29, 0.717) is 0 Å². The summed E-state index contributed by atoms with van der Waals surface area (Å²) >= 11 is 0. The van der Waals surface area contributed by atoms with Gasteiger partial charge in [0, 0.05) is 25.0 Å². The number of rotatable bonds is 11. The summed E-state index contributed by atoms with van der Waals surface area (Å²) < 4.78 is 41.4. The lowest BCUT2D eigenvalue weighted by Gasteiger charge is -2.12. The van der Waals surface area contributed by atoms with Crippen molar-refractivity contribution in [2.24, 2.45) is 5.84 Å². The molecule has 1 amide bonds. The smallest absolute Gasteiger partial charge is 0.422 e. The fraction of sp³-hybridized carbons (Fsp3) is 0.400. The molecule has 3 N–H and O–H groups in total. The molecule has 8 nitrogen and oxygen atoms in total. The number of ether oxygens (including phenoxy) is 1. The Bertz CT molecular complexity index is 859. The quantitative estimate of drug-likeness (QED) is 0.316. The first-order valence-electron chi connectivity index (χ1n) is 9.66. The molecule has 0 saturated heterocycles. The number of nitrogens with one attached hydrogen (secondary N) is 1. The molecule has 11 heteroatoms. The zero-order chi connectivity index (χ0) is 22.7. The number of hydrogen-bond acceptors (Lipinski definition) is 7. The maximum absolute atomic E-state index is 12.2. The highest BCUT2D eigenvalue weighted by Crippen LogP contribution is 2.18. The van der Waals surface area contributed by atoms with E-state index in [0.717, 1.165) is 31.5 Å². The highest BCUT2D eigenvalue weighted by Gasteiger charge is 2.28. The number of nitrogens with zero attached hydrogens (tertiary/aromatic N) is 4. The van der Waals surface area contributed by atoms with Crippen molar-refractivity contribution < 1.29 is 22.7 Å². The third-order valence-electron chi connectivity index (χ3n) is 3.96. The van der Waals surface area contributed by atoms with Crippen LogP contribution in [0.5, 0.6) is 5.75 Å². The minimum absolute atomic E-state index is 0.0113. The minimum atomic E-state index is -4.44. The molecule has 168 valence electrons. The van der Waals surface area contributed by atoms with Crippen LogP contribution in [-0.2, 0) is 17.6 Å². The van der Waals surface area contributed by atoms with E-state index in [4.69, 9.17) is 5.84 Å². The van der Waals surface area contributed by atoms with Crippen LogP contribution in [0.15, 0.2) is 42.7 Å². The van der Waals surface area contributed by atoms with E-state index in [1.165, 1.54) is 18.3 Å². The molecule has 0 aliphatic carbocycles. The summed E-state index contributed by atoms with van der Waals surface area (Å²) in [6.45, 7) is 1.23. The molecule has 0 unspecified atom stereocenters. The number of carbonyl (C=O) groups excluding carboxylic acids is 1. The Kier molecular flexibility index (Phi) is 9.19. The summed E-state index contributed by atoms with van der Waals surface area (Å²) in [5.74, 6) is 5.59. The van der Waals surface area contributed by atoms with Gasteiger partial charge in [0.15, 0.2) is 12.4 Å². The number of hydrogen-bond donors (Lipinski definition) is 2. The van der Waals surface area contributed by atoms with Gasteiger partial charge in [-0.15, -0.1) is 5.10 Å². The molecule has 0 fully saturated rings. The van der Waals surface area contributed by atoms with Gasteiger partial charge in [-0.05, 0) is 44.4 Å². The van der Waals surface area contributed by atoms with Crippen LogP contribution in [0.4, 0.5) is 19.0 Å². The Morgan fingerprint density at radius 2 is 2.03 bits per heavy atom. The summed E-state index contributed by atoms with van der Waals surface area (Å²) in [4.78, 5) is 16.1. The number of unbranched alkanes of at least 4 members (excludes halogenated alkanes) is 1.